The predicted molar refractivity (Wildman–Crippen MR) is 143 cm³/mol. The Morgan fingerprint density at radius 1 is 1.22 bits per heavy atom. The Labute approximate surface area is 224 Å². The Hall–Kier alpha value is -2.53. The van der Waals surface area contributed by atoms with E-state index < -0.39 is 22.5 Å². The van der Waals surface area contributed by atoms with Crippen molar-refractivity contribution in [3.63, 3.8) is 0 Å². The number of aryl methyl sites for hydroxylation is 1. The number of halogens is 1. The number of nitrogens with one attached hydrogen (secondary N) is 2. The summed E-state index contributed by atoms with van der Waals surface area (Å²) in [6, 6.07) is 0. The average molecular weight is 548 g/mol. The first-order valence-electron chi connectivity index (χ1n) is 12.9. The van der Waals surface area contributed by atoms with Gasteiger partial charge in [0.2, 0.25) is 5.95 Å². The number of alkyl carbamates (subject to hydrolysis) is 1. The Morgan fingerprint density at radius 3 is 2.54 bits per heavy atom. The van der Waals surface area contributed by atoms with Gasteiger partial charge in [0, 0.05) is 50.1 Å². The van der Waals surface area contributed by atoms with E-state index in [0.717, 1.165) is 56.7 Å². The predicted octanol–water partition coefficient (Wildman–Crippen LogP) is 3.83. The minimum Gasteiger partial charge on any atom is -0.444 e. The number of anilines is 2. The maximum Gasteiger partial charge on any atom is 0.407 e. The highest BCUT2D eigenvalue weighted by Crippen LogP contribution is 2.39. The summed E-state index contributed by atoms with van der Waals surface area (Å²) in [5.74, 6) is 2.93. The zero-order valence-corrected chi connectivity index (χ0v) is 23.1. The van der Waals surface area contributed by atoms with Crippen LogP contribution < -0.4 is 15.5 Å². The highest BCUT2D eigenvalue weighted by Gasteiger charge is 2.40. The zero-order chi connectivity index (χ0) is 26.2. The second-order valence-corrected chi connectivity index (χ2v) is 13.0. The van der Waals surface area contributed by atoms with Crippen molar-refractivity contribution in [2.45, 2.75) is 81.2 Å². The van der Waals surface area contributed by atoms with Crippen LogP contribution in [0.25, 0.3) is 0 Å². The van der Waals surface area contributed by atoms with E-state index in [4.69, 9.17) is 26.3 Å². The number of aromatic nitrogens is 4. The molecular weight excluding hydrogens is 514 g/mol. The molecule has 3 aliphatic rings. The number of piperidine rings is 1. The molecule has 0 radical (unpaired) electrons. The lowest BCUT2D eigenvalue weighted by Crippen LogP contribution is -2.54. The average Bonchev–Trinajstić information content (AvgIpc) is 3.21. The van der Waals surface area contributed by atoms with Crippen molar-refractivity contribution in [1.29, 1.82) is 0 Å². The van der Waals surface area contributed by atoms with Crippen molar-refractivity contribution in [3.8, 4) is 0 Å². The lowest BCUT2D eigenvalue weighted by molar-refractivity contribution is 0.0506. The van der Waals surface area contributed by atoms with Gasteiger partial charge >= 0.3 is 6.09 Å². The van der Waals surface area contributed by atoms with Gasteiger partial charge in [-0.05, 0) is 52.9 Å². The fourth-order valence-electron chi connectivity index (χ4n) is 5.04. The van der Waals surface area contributed by atoms with E-state index in [2.05, 4.69) is 25.5 Å². The number of carbonyl (C=O) groups is 1. The Kier molecular flexibility index (Phi) is 7.28. The molecule has 1 unspecified atom stereocenters. The fraction of sp³-hybridized carbons (Fsp3) is 0.640. The van der Waals surface area contributed by atoms with Crippen LogP contribution in [0.4, 0.5) is 16.6 Å². The van der Waals surface area contributed by atoms with Gasteiger partial charge in [-0.25, -0.2) is 19.7 Å². The zero-order valence-electron chi connectivity index (χ0n) is 21.6. The minimum absolute atomic E-state index is 0.269. The second kappa shape index (κ2) is 10.3. The molecule has 2 aromatic heterocycles. The summed E-state index contributed by atoms with van der Waals surface area (Å²) >= 11 is 5.94. The van der Waals surface area contributed by atoms with Crippen LogP contribution in [0.5, 0.6) is 0 Å². The lowest BCUT2D eigenvalue weighted by atomic mass is 9.76. The minimum atomic E-state index is -1.14. The quantitative estimate of drug-likeness (QED) is 0.555. The van der Waals surface area contributed by atoms with E-state index in [1.807, 2.05) is 20.8 Å². The van der Waals surface area contributed by atoms with Crippen molar-refractivity contribution in [1.82, 2.24) is 25.3 Å². The number of carbonyl (C=O) groups excluding carboxylic acids is 1. The van der Waals surface area contributed by atoms with Gasteiger partial charge in [-0.1, -0.05) is 11.6 Å². The van der Waals surface area contributed by atoms with Crippen LogP contribution in [-0.4, -0.2) is 66.8 Å². The van der Waals surface area contributed by atoms with Crippen LogP contribution in [0.2, 0.25) is 5.02 Å². The molecule has 37 heavy (non-hydrogen) atoms. The van der Waals surface area contributed by atoms with Gasteiger partial charge in [0.1, 0.15) is 22.1 Å². The van der Waals surface area contributed by atoms with Gasteiger partial charge in [0.25, 0.3) is 0 Å². The van der Waals surface area contributed by atoms with Gasteiger partial charge in [-0.3, -0.25) is 4.21 Å². The maximum absolute atomic E-state index is 12.9. The first-order chi connectivity index (χ1) is 17.6. The van der Waals surface area contributed by atoms with Crippen LogP contribution in [0, 0.1) is 0 Å². The molecule has 2 aromatic rings. The third-order valence-electron chi connectivity index (χ3n) is 7.12. The smallest absolute Gasteiger partial charge is 0.407 e. The standard InChI is InChI=1S/C25H34ClN7O3S/c1-24(2,3)36-23(34)29-15-25(8-4-9-25)32-21-19-18(7-12-37(19)35)30-22(31-21)33-10-5-16(6-11-33)20-27-13-17(26)14-28-20/h13-14,16H,4-12,15H2,1-3H3,(H,29,34)(H,30,31,32). The third-order valence-corrected chi connectivity index (χ3v) is 8.78. The topological polar surface area (TPSA) is 122 Å². The van der Waals surface area contributed by atoms with Gasteiger partial charge in [-0.2, -0.15) is 4.98 Å². The third kappa shape index (κ3) is 5.98. The molecule has 0 aromatic carbocycles. The van der Waals surface area contributed by atoms with Crippen LogP contribution in [0.1, 0.15) is 70.3 Å². The molecule has 1 atom stereocenters. The summed E-state index contributed by atoms with van der Waals surface area (Å²) in [4.78, 5) is 33.7. The van der Waals surface area contributed by atoms with Crippen molar-refractivity contribution in [3.05, 3.63) is 28.9 Å². The molecule has 1 aliphatic carbocycles. The van der Waals surface area contributed by atoms with E-state index in [1.165, 1.54) is 0 Å². The van der Waals surface area contributed by atoms with Gasteiger partial charge in [0.15, 0.2) is 0 Å². The first kappa shape index (κ1) is 26.1. The molecule has 12 heteroatoms. The molecule has 0 bridgehead atoms. The van der Waals surface area contributed by atoms with Gasteiger partial charge in [-0.15, -0.1) is 0 Å². The summed E-state index contributed by atoms with van der Waals surface area (Å²) < 4.78 is 18.3. The SMILES string of the molecule is CC(C)(C)OC(=O)NCC1(Nc2nc(N3CCC(c4ncc(Cl)cn4)CC3)nc3c2S(=O)CC3)CCC1. The molecule has 1 saturated heterocycles. The number of amides is 1. The summed E-state index contributed by atoms with van der Waals surface area (Å²) in [5, 5.41) is 7.03. The number of fused-ring (bicyclic) bond motifs is 1. The monoisotopic (exact) mass is 547 g/mol. The molecule has 10 nitrogen and oxygen atoms in total. The summed E-state index contributed by atoms with van der Waals surface area (Å²) in [5.41, 5.74) is -0.0535. The van der Waals surface area contributed by atoms with Crippen LogP contribution in [-0.2, 0) is 22.0 Å². The summed E-state index contributed by atoms with van der Waals surface area (Å²) in [6.45, 7) is 7.50. The molecule has 2 fully saturated rings. The molecule has 0 spiro atoms. The second-order valence-electron chi connectivity index (χ2n) is 11.1. The Morgan fingerprint density at radius 2 is 1.92 bits per heavy atom. The largest absolute Gasteiger partial charge is 0.444 e. The van der Waals surface area contributed by atoms with Gasteiger partial charge < -0.3 is 20.3 Å². The van der Waals surface area contributed by atoms with Crippen LogP contribution in [0.15, 0.2) is 17.3 Å². The molecular formula is C25H34ClN7O3S. The number of hydrogen-bond donors (Lipinski definition) is 2. The molecule has 5 rings (SSSR count). The molecule has 2 aliphatic heterocycles. The molecule has 4 heterocycles. The van der Waals surface area contributed by atoms with E-state index in [-0.39, 0.29) is 11.5 Å². The van der Waals surface area contributed by atoms with Crippen molar-refractivity contribution >= 4 is 40.3 Å². The maximum atomic E-state index is 12.9. The number of nitrogens with zero attached hydrogens (tertiary/aromatic N) is 5. The summed E-state index contributed by atoms with van der Waals surface area (Å²) in [6.07, 6.45) is 8.12. The van der Waals surface area contributed by atoms with E-state index in [0.29, 0.717) is 40.4 Å². The van der Waals surface area contributed by atoms with E-state index >= 15 is 0 Å². The van der Waals surface area contributed by atoms with E-state index in [9.17, 15) is 9.00 Å². The number of rotatable bonds is 6. The lowest BCUT2D eigenvalue weighted by Gasteiger charge is -2.43. The Balaban J connectivity index is 1.31. The van der Waals surface area contributed by atoms with Crippen LogP contribution in [0.3, 0.4) is 0 Å². The highest BCUT2D eigenvalue weighted by atomic mass is 35.5. The molecule has 200 valence electrons. The fourth-order valence-corrected chi connectivity index (χ4v) is 6.44. The molecule has 1 amide bonds. The van der Waals surface area contributed by atoms with Crippen molar-refractivity contribution < 1.29 is 13.7 Å². The van der Waals surface area contributed by atoms with Crippen molar-refractivity contribution in [2.75, 3.05) is 35.6 Å². The highest BCUT2D eigenvalue weighted by molar-refractivity contribution is 7.85. The molecule has 2 N–H and O–H groups in total. The number of hydrogen-bond acceptors (Lipinski definition) is 9. The summed E-state index contributed by atoms with van der Waals surface area (Å²) in [7, 11) is -1.14. The molecule has 1 saturated carbocycles. The first-order valence-corrected chi connectivity index (χ1v) is 14.6. The van der Waals surface area contributed by atoms with Crippen molar-refractivity contribution in [2.24, 2.45) is 0 Å². The van der Waals surface area contributed by atoms with Gasteiger partial charge in [0.05, 0.1) is 27.1 Å². The normalized spacial score (nSPS) is 21.2. The number of ether oxygens (including phenoxy) is 1. The Bertz CT molecular complexity index is 1180. The van der Waals surface area contributed by atoms with Crippen LogP contribution >= 0.6 is 11.6 Å². The van der Waals surface area contributed by atoms with E-state index in [1.54, 1.807) is 12.4 Å².